The molecule has 0 radical (unpaired) electrons. The maximum atomic E-state index is 12.0. The van der Waals surface area contributed by atoms with E-state index >= 15 is 0 Å². The van der Waals surface area contributed by atoms with Gasteiger partial charge in [-0.3, -0.25) is 9.69 Å². The van der Waals surface area contributed by atoms with E-state index in [1.807, 2.05) is 7.05 Å². The fraction of sp³-hybridized carbons (Fsp3) is 0.500. The SMILES string of the molecule is CCc1[nH]c2c(CNC(=O)CN(C)CCO)cc(C)cc2c1C. The number of aliphatic hydroxyl groups excluding tert-OH is 1. The van der Waals surface area contributed by atoms with Crippen molar-refractivity contribution >= 4 is 16.8 Å². The molecule has 2 rings (SSSR count). The van der Waals surface area contributed by atoms with Crippen molar-refractivity contribution in [2.75, 3.05) is 26.7 Å². The van der Waals surface area contributed by atoms with Gasteiger partial charge in [0.2, 0.25) is 5.91 Å². The number of amides is 1. The van der Waals surface area contributed by atoms with E-state index in [-0.39, 0.29) is 12.5 Å². The van der Waals surface area contributed by atoms with Crippen LogP contribution < -0.4 is 5.32 Å². The van der Waals surface area contributed by atoms with Gasteiger partial charge in [-0.15, -0.1) is 0 Å². The molecular formula is C18H27N3O2. The third kappa shape index (κ3) is 4.12. The Morgan fingerprint density at radius 1 is 1.35 bits per heavy atom. The molecule has 1 aromatic carbocycles. The van der Waals surface area contributed by atoms with Crippen LogP contribution in [0.25, 0.3) is 10.9 Å². The lowest BCUT2D eigenvalue weighted by Crippen LogP contribution is -2.36. The van der Waals surface area contributed by atoms with Crippen LogP contribution in [0.1, 0.15) is 29.3 Å². The smallest absolute Gasteiger partial charge is 0.234 e. The quantitative estimate of drug-likeness (QED) is 0.730. The molecule has 0 aliphatic heterocycles. The molecule has 0 unspecified atom stereocenters. The molecule has 2 aromatic rings. The van der Waals surface area contributed by atoms with E-state index in [2.05, 4.69) is 43.2 Å². The molecule has 23 heavy (non-hydrogen) atoms. The average molecular weight is 317 g/mol. The number of nitrogens with one attached hydrogen (secondary N) is 2. The minimum absolute atomic E-state index is 0.0328. The van der Waals surface area contributed by atoms with Gasteiger partial charge >= 0.3 is 0 Å². The highest BCUT2D eigenvalue weighted by molar-refractivity contribution is 5.88. The first-order valence-electron chi connectivity index (χ1n) is 8.13. The Bertz CT molecular complexity index is 691. The van der Waals surface area contributed by atoms with Crippen molar-refractivity contribution in [1.29, 1.82) is 0 Å². The molecule has 0 bridgehead atoms. The van der Waals surface area contributed by atoms with E-state index < -0.39 is 0 Å². The molecule has 126 valence electrons. The highest BCUT2D eigenvalue weighted by Crippen LogP contribution is 2.26. The van der Waals surface area contributed by atoms with Crippen molar-refractivity contribution in [3.63, 3.8) is 0 Å². The predicted molar refractivity (Wildman–Crippen MR) is 93.6 cm³/mol. The molecule has 0 spiro atoms. The Morgan fingerprint density at radius 3 is 2.74 bits per heavy atom. The molecule has 0 aliphatic carbocycles. The van der Waals surface area contributed by atoms with Crippen molar-refractivity contribution < 1.29 is 9.90 Å². The topological polar surface area (TPSA) is 68.4 Å². The maximum Gasteiger partial charge on any atom is 0.234 e. The second-order valence-corrected chi connectivity index (χ2v) is 6.17. The number of carbonyl (C=O) groups excluding carboxylic acids is 1. The Kier molecular flexibility index (Phi) is 5.80. The highest BCUT2D eigenvalue weighted by atomic mass is 16.3. The van der Waals surface area contributed by atoms with Crippen LogP contribution in [0.4, 0.5) is 0 Å². The monoisotopic (exact) mass is 317 g/mol. The first kappa shape index (κ1) is 17.5. The average Bonchev–Trinajstić information content (AvgIpc) is 2.81. The number of nitrogens with zero attached hydrogens (tertiary/aromatic N) is 1. The number of aliphatic hydroxyl groups is 1. The Morgan fingerprint density at radius 2 is 2.09 bits per heavy atom. The van der Waals surface area contributed by atoms with Gasteiger partial charge in [0.25, 0.3) is 0 Å². The second-order valence-electron chi connectivity index (χ2n) is 6.17. The fourth-order valence-corrected chi connectivity index (χ4v) is 2.95. The molecule has 5 nitrogen and oxygen atoms in total. The van der Waals surface area contributed by atoms with Gasteiger partial charge in [0, 0.05) is 24.2 Å². The number of hydrogen-bond acceptors (Lipinski definition) is 3. The number of aromatic amines is 1. The zero-order chi connectivity index (χ0) is 17.0. The lowest BCUT2D eigenvalue weighted by Gasteiger charge is -2.15. The summed E-state index contributed by atoms with van der Waals surface area (Å²) in [5, 5.41) is 13.1. The van der Waals surface area contributed by atoms with Crippen molar-refractivity contribution in [2.45, 2.75) is 33.7 Å². The first-order valence-corrected chi connectivity index (χ1v) is 8.13. The summed E-state index contributed by atoms with van der Waals surface area (Å²) in [6.07, 6.45) is 0.970. The van der Waals surface area contributed by atoms with Gasteiger partial charge in [-0.1, -0.05) is 18.6 Å². The molecule has 0 atom stereocenters. The van der Waals surface area contributed by atoms with Crippen LogP contribution in [-0.2, 0) is 17.8 Å². The van der Waals surface area contributed by atoms with E-state index in [0.717, 1.165) is 17.5 Å². The lowest BCUT2D eigenvalue weighted by atomic mass is 10.0. The molecule has 0 saturated heterocycles. The summed E-state index contributed by atoms with van der Waals surface area (Å²) in [6, 6.07) is 4.32. The van der Waals surface area contributed by atoms with Gasteiger partial charge in [0.15, 0.2) is 0 Å². The van der Waals surface area contributed by atoms with E-state index in [0.29, 0.717) is 19.6 Å². The fourth-order valence-electron chi connectivity index (χ4n) is 2.95. The van der Waals surface area contributed by atoms with Gasteiger partial charge in [0.1, 0.15) is 0 Å². The van der Waals surface area contributed by atoms with E-state index in [9.17, 15) is 4.79 Å². The van der Waals surface area contributed by atoms with Crippen LogP contribution in [0.3, 0.4) is 0 Å². The van der Waals surface area contributed by atoms with Crippen LogP contribution >= 0.6 is 0 Å². The Balaban J connectivity index is 2.15. The van der Waals surface area contributed by atoms with Crippen molar-refractivity contribution in [1.82, 2.24) is 15.2 Å². The summed E-state index contributed by atoms with van der Waals surface area (Å²) < 4.78 is 0. The first-order chi connectivity index (χ1) is 11.0. The van der Waals surface area contributed by atoms with Crippen molar-refractivity contribution in [3.8, 4) is 0 Å². The maximum absolute atomic E-state index is 12.0. The molecular weight excluding hydrogens is 290 g/mol. The summed E-state index contributed by atoms with van der Waals surface area (Å²) in [5.74, 6) is -0.0328. The van der Waals surface area contributed by atoms with Gasteiger partial charge in [-0.05, 0) is 44.5 Å². The van der Waals surface area contributed by atoms with E-state index in [1.54, 1.807) is 4.90 Å². The van der Waals surface area contributed by atoms with Gasteiger partial charge in [-0.2, -0.15) is 0 Å². The van der Waals surface area contributed by atoms with Crippen LogP contribution in [0.2, 0.25) is 0 Å². The molecule has 3 N–H and O–H groups in total. The largest absolute Gasteiger partial charge is 0.395 e. The zero-order valence-electron chi connectivity index (χ0n) is 14.5. The molecule has 0 saturated carbocycles. The zero-order valence-corrected chi connectivity index (χ0v) is 14.5. The normalized spacial score (nSPS) is 11.4. The van der Waals surface area contributed by atoms with Crippen molar-refractivity contribution in [3.05, 3.63) is 34.5 Å². The second kappa shape index (κ2) is 7.62. The number of likely N-dealkylation sites (N-methyl/N-ethyl adjacent to an activating group) is 1. The number of fused-ring (bicyclic) bond motifs is 1. The molecule has 0 aliphatic rings. The summed E-state index contributed by atoms with van der Waals surface area (Å²) in [5.41, 5.74) is 5.97. The number of H-pyrrole nitrogens is 1. The van der Waals surface area contributed by atoms with Crippen LogP contribution in [-0.4, -0.2) is 47.6 Å². The number of benzene rings is 1. The van der Waals surface area contributed by atoms with E-state index in [4.69, 9.17) is 5.11 Å². The summed E-state index contributed by atoms with van der Waals surface area (Å²) in [7, 11) is 1.82. The Labute approximate surface area is 137 Å². The van der Waals surface area contributed by atoms with Gasteiger partial charge in [-0.25, -0.2) is 0 Å². The van der Waals surface area contributed by atoms with E-state index in [1.165, 1.54) is 22.2 Å². The number of aromatic nitrogens is 1. The number of hydrogen-bond donors (Lipinski definition) is 3. The third-order valence-electron chi connectivity index (χ3n) is 4.22. The number of aryl methyl sites for hydroxylation is 3. The molecule has 1 aromatic heterocycles. The summed E-state index contributed by atoms with van der Waals surface area (Å²) in [4.78, 5) is 17.3. The molecule has 5 heteroatoms. The molecule has 1 amide bonds. The third-order valence-corrected chi connectivity index (χ3v) is 4.22. The minimum Gasteiger partial charge on any atom is -0.395 e. The predicted octanol–water partition coefficient (Wildman–Crippen LogP) is 1.89. The minimum atomic E-state index is -0.0328. The van der Waals surface area contributed by atoms with Crippen LogP contribution in [0.15, 0.2) is 12.1 Å². The summed E-state index contributed by atoms with van der Waals surface area (Å²) in [6.45, 7) is 7.72. The lowest BCUT2D eigenvalue weighted by molar-refractivity contribution is -0.122. The number of rotatable bonds is 7. The highest BCUT2D eigenvalue weighted by Gasteiger charge is 2.12. The molecule has 1 heterocycles. The standard InChI is InChI=1S/C18H27N3O2/c1-5-16-13(3)15-9-12(2)8-14(18(15)20-16)10-19-17(23)11-21(4)6-7-22/h8-9,20,22H,5-7,10-11H2,1-4H3,(H,19,23). The van der Waals surface area contributed by atoms with Gasteiger partial charge in [0.05, 0.1) is 18.7 Å². The van der Waals surface area contributed by atoms with Crippen LogP contribution in [0, 0.1) is 13.8 Å². The summed E-state index contributed by atoms with van der Waals surface area (Å²) >= 11 is 0. The van der Waals surface area contributed by atoms with Gasteiger partial charge < -0.3 is 15.4 Å². The van der Waals surface area contributed by atoms with Crippen LogP contribution in [0.5, 0.6) is 0 Å². The Hall–Kier alpha value is -1.85. The molecule has 0 fully saturated rings. The number of carbonyl (C=O) groups is 1. The van der Waals surface area contributed by atoms with Crippen molar-refractivity contribution in [2.24, 2.45) is 0 Å².